The Morgan fingerprint density at radius 2 is 1.57 bits per heavy atom. The zero-order valence-corrected chi connectivity index (χ0v) is 18.6. The van der Waals surface area contributed by atoms with E-state index in [2.05, 4.69) is 15.1 Å². The fraction of sp³-hybridized carbons (Fsp3) is 0.333. The number of benzene rings is 2. The lowest BCUT2D eigenvalue weighted by atomic mass is 10.2. The lowest BCUT2D eigenvalue weighted by Gasteiger charge is -2.27. The minimum absolute atomic E-state index is 0.299. The average Bonchev–Trinajstić information content (AvgIpc) is 3.14. The number of aromatic nitrogens is 3. The lowest BCUT2D eigenvalue weighted by molar-refractivity contribution is 0.121. The molecule has 1 saturated heterocycles. The molecule has 0 saturated carbocycles. The van der Waals surface area contributed by atoms with Crippen LogP contribution in [0, 0.1) is 6.92 Å². The summed E-state index contributed by atoms with van der Waals surface area (Å²) in [5.41, 5.74) is 2.06. The van der Waals surface area contributed by atoms with Crippen molar-refractivity contribution >= 4 is 27.5 Å². The van der Waals surface area contributed by atoms with Crippen molar-refractivity contribution in [3.05, 3.63) is 59.7 Å². The molecule has 0 amide bonds. The van der Waals surface area contributed by atoms with Gasteiger partial charge in [-0.3, -0.25) is 4.57 Å². The molecule has 0 aliphatic carbocycles. The Labute approximate surface area is 181 Å². The van der Waals surface area contributed by atoms with Crippen molar-refractivity contribution in [2.45, 2.75) is 27.6 Å². The molecule has 3 aromatic rings. The summed E-state index contributed by atoms with van der Waals surface area (Å²) in [6.45, 7) is 4.96. The molecule has 1 aliphatic heterocycles. The SMILES string of the molecule is Cc1ccc(S(=O)(=O)c2ccc(CSc3nnc(N4CCOCC4)n3C)cc2)cc1. The molecule has 0 atom stereocenters. The highest BCUT2D eigenvalue weighted by Crippen LogP contribution is 2.26. The number of aryl methyl sites for hydroxylation is 1. The van der Waals surface area contributed by atoms with Gasteiger partial charge in [-0.2, -0.15) is 0 Å². The van der Waals surface area contributed by atoms with Crippen molar-refractivity contribution in [1.29, 1.82) is 0 Å². The van der Waals surface area contributed by atoms with Crippen LogP contribution in [0.3, 0.4) is 0 Å². The standard InChI is InChI=1S/C21H24N4O3S2/c1-16-3-7-18(8-4-16)30(26,27)19-9-5-17(6-10-19)15-29-21-23-22-20(24(21)2)25-11-13-28-14-12-25/h3-10H,11-15H2,1-2H3. The summed E-state index contributed by atoms with van der Waals surface area (Å²) >= 11 is 1.58. The fourth-order valence-corrected chi connectivity index (χ4v) is 5.36. The Hall–Kier alpha value is -2.36. The van der Waals surface area contributed by atoms with E-state index in [-0.39, 0.29) is 0 Å². The van der Waals surface area contributed by atoms with Gasteiger partial charge in [-0.1, -0.05) is 41.6 Å². The molecule has 158 valence electrons. The number of anilines is 1. The predicted octanol–water partition coefficient (Wildman–Crippen LogP) is 3.09. The van der Waals surface area contributed by atoms with Crippen molar-refractivity contribution in [1.82, 2.24) is 14.8 Å². The Balaban J connectivity index is 1.43. The van der Waals surface area contributed by atoms with E-state index in [1.807, 2.05) is 42.8 Å². The summed E-state index contributed by atoms with van der Waals surface area (Å²) in [4.78, 5) is 2.78. The number of thioether (sulfide) groups is 1. The van der Waals surface area contributed by atoms with Gasteiger partial charge in [-0.25, -0.2) is 8.42 Å². The second-order valence-corrected chi connectivity index (χ2v) is 10.1. The molecule has 0 unspecified atom stereocenters. The number of hydrogen-bond donors (Lipinski definition) is 0. The van der Waals surface area contributed by atoms with Crippen LogP contribution in [-0.4, -0.2) is 49.5 Å². The van der Waals surface area contributed by atoms with Crippen LogP contribution < -0.4 is 4.90 Å². The van der Waals surface area contributed by atoms with Gasteiger partial charge in [0.15, 0.2) is 5.16 Å². The molecule has 2 aromatic carbocycles. The lowest BCUT2D eigenvalue weighted by Crippen LogP contribution is -2.37. The van der Waals surface area contributed by atoms with Crippen molar-refractivity contribution < 1.29 is 13.2 Å². The van der Waals surface area contributed by atoms with Crippen molar-refractivity contribution in [3.63, 3.8) is 0 Å². The summed E-state index contributed by atoms with van der Waals surface area (Å²) in [5, 5.41) is 9.45. The summed E-state index contributed by atoms with van der Waals surface area (Å²) in [6.07, 6.45) is 0. The van der Waals surface area contributed by atoms with Crippen LogP contribution >= 0.6 is 11.8 Å². The molecule has 0 N–H and O–H groups in total. The first kappa shape index (κ1) is 20.9. The summed E-state index contributed by atoms with van der Waals surface area (Å²) in [5.74, 6) is 1.53. The second kappa shape index (κ2) is 8.79. The Morgan fingerprint density at radius 3 is 2.20 bits per heavy atom. The van der Waals surface area contributed by atoms with Crippen molar-refractivity contribution in [2.75, 3.05) is 31.2 Å². The zero-order chi connectivity index (χ0) is 21.1. The van der Waals surface area contributed by atoms with Crippen LogP contribution in [0.5, 0.6) is 0 Å². The van der Waals surface area contributed by atoms with Gasteiger partial charge < -0.3 is 9.64 Å². The smallest absolute Gasteiger partial charge is 0.227 e. The highest BCUT2D eigenvalue weighted by Gasteiger charge is 2.19. The topological polar surface area (TPSA) is 77.3 Å². The molecule has 7 nitrogen and oxygen atoms in total. The van der Waals surface area contributed by atoms with E-state index in [1.165, 1.54) is 0 Å². The van der Waals surface area contributed by atoms with Gasteiger partial charge >= 0.3 is 0 Å². The monoisotopic (exact) mass is 444 g/mol. The van der Waals surface area contributed by atoms with E-state index in [0.717, 1.165) is 35.3 Å². The van der Waals surface area contributed by atoms with Crippen molar-refractivity contribution in [3.8, 4) is 0 Å². The molecule has 0 bridgehead atoms. The molecule has 0 spiro atoms. The van der Waals surface area contributed by atoms with E-state index in [1.54, 1.807) is 36.0 Å². The molecule has 1 fully saturated rings. The maximum absolute atomic E-state index is 12.8. The molecule has 30 heavy (non-hydrogen) atoms. The summed E-state index contributed by atoms with van der Waals surface area (Å²) < 4.78 is 33.0. The largest absolute Gasteiger partial charge is 0.378 e. The van der Waals surface area contributed by atoms with Crippen LogP contribution in [0.1, 0.15) is 11.1 Å². The third-order valence-corrected chi connectivity index (χ3v) is 7.92. The van der Waals surface area contributed by atoms with Crippen LogP contribution in [0.4, 0.5) is 5.95 Å². The molecular weight excluding hydrogens is 420 g/mol. The van der Waals surface area contributed by atoms with Gasteiger partial charge in [0.05, 0.1) is 23.0 Å². The summed E-state index contributed by atoms with van der Waals surface area (Å²) in [6, 6.07) is 14.0. The predicted molar refractivity (Wildman–Crippen MR) is 117 cm³/mol. The fourth-order valence-electron chi connectivity index (χ4n) is 3.24. The molecule has 4 rings (SSSR count). The normalized spacial score (nSPS) is 14.8. The number of sulfone groups is 1. The van der Waals surface area contributed by atoms with Crippen LogP contribution in [0.15, 0.2) is 63.5 Å². The van der Waals surface area contributed by atoms with Crippen molar-refractivity contribution in [2.24, 2.45) is 7.05 Å². The van der Waals surface area contributed by atoms with Gasteiger partial charge in [0, 0.05) is 25.9 Å². The third kappa shape index (κ3) is 4.38. The highest BCUT2D eigenvalue weighted by molar-refractivity contribution is 7.98. The summed E-state index contributed by atoms with van der Waals surface area (Å²) in [7, 11) is -1.54. The van der Waals surface area contributed by atoms with E-state index in [0.29, 0.717) is 28.8 Å². The molecule has 1 aliphatic rings. The quantitative estimate of drug-likeness (QED) is 0.541. The van der Waals surface area contributed by atoms with E-state index < -0.39 is 9.84 Å². The van der Waals surface area contributed by atoms with Gasteiger partial charge in [0.2, 0.25) is 15.8 Å². The maximum Gasteiger partial charge on any atom is 0.227 e. The second-order valence-electron chi connectivity index (χ2n) is 7.19. The van der Waals surface area contributed by atoms with Crippen LogP contribution in [0.2, 0.25) is 0 Å². The van der Waals surface area contributed by atoms with Crippen LogP contribution in [-0.2, 0) is 27.4 Å². The number of ether oxygens (including phenoxy) is 1. The number of hydrogen-bond acceptors (Lipinski definition) is 7. The molecule has 1 aromatic heterocycles. The first-order chi connectivity index (χ1) is 14.4. The van der Waals surface area contributed by atoms with Gasteiger partial charge in [-0.15, -0.1) is 10.2 Å². The Kier molecular flexibility index (Phi) is 6.12. The van der Waals surface area contributed by atoms with Gasteiger partial charge in [0.25, 0.3) is 0 Å². The Morgan fingerprint density at radius 1 is 0.967 bits per heavy atom. The van der Waals surface area contributed by atoms with E-state index >= 15 is 0 Å². The molecule has 2 heterocycles. The van der Waals surface area contributed by atoms with Gasteiger partial charge in [0.1, 0.15) is 0 Å². The first-order valence-corrected chi connectivity index (χ1v) is 12.2. The number of rotatable bonds is 6. The van der Waals surface area contributed by atoms with E-state index in [9.17, 15) is 8.42 Å². The highest BCUT2D eigenvalue weighted by atomic mass is 32.2. The molecule has 0 radical (unpaired) electrons. The number of nitrogens with zero attached hydrogens (tertiary/aromatic N) is 4. The molecular formula is C21H24N4O3S2. The minimum Gasteiger partial charge on any atom is -0.378 e. The van der Waals surface area contributed by atoms with E-state index in [4.69, 9.17) is 4.74 Å². The first-order valence-electron chi connectivity index (χ1n) is 9.71. The maximum atomic E-state index is 12.8. The van der Waals surface area contributed by atoms with Gasteiger partial charge in [-0.05, 0) is 36.8 Å². The minimum atomic E-state index is -3.50. The third-order valence-electron chi connectivity index (χ3n) is 5.04. The van der Waals surface area contributed by atoms with Crippen LogP contribution in [0.25, 0.3) is 0 Å². The molecule has 9 heteroatoms. The zero-order valence-electron chi connectivity index (χ0n) is 17.0. The average molecular weight is 445 g/mol. The number of morpholine rings is 1. The Bertz CT molecular complexity index is 1100.